The molecule has 0 aliphatic carbocycles. The summed E-state index contributed by atoms with van der Waals surface area (Å²) in [4.78, 5) is 5.52. The van der Waals surface area contributed by atoms with Gasteiger partial charge in [0.15, 0.2) is 0 Å². The van der Waals surface area contributed by atoms with E-state index in [2.05, 4.69) is 245 Å². The van der Waals surface area contributed by atoms with Crippen LogP contribution in [0.4, 0.5) is 0 Å². The topological polar surface area (TPSA) is 34.2 Å². The summed E-state index contributed by atoms with van der Waals surface area (Å²) in [5.41, 5.74) is 13.4. The first-order valence-corrected chi connectivity index (χ1v) is 22.0. The van der Waals surface area contributed by atoms with E-state index in [-0.39, 0.29) is 6.04 Å². The summed E-state index contributed by atoms with van der Waals surface area (Å²) in [7, 11) is 0. The van der Waals surface area contributed by atoms with E-state index in [1.54, 1.807) is 0 Å². The van der Waals surface area contributed by atoms with E-state index in [4.69, 9.17) is 4.99 Å². The lowest BCUT2D eigenvalue weighted by atomic mass is 9.96. The van der Waals surface area contributed by atoms with Crippen molar-refractivity contribution in [2.75, 3.05) is 0 Å². The van der Waals surface area contributed by atoms with Gasteiger partial charge in [-0.05, 0) is 69.9 Å². The molecule has 1 N–H and O–H groups in total. The Balaban J connectivity index is 1.13. The van der Waals surface area contributed by atoms with Gasteiger partial charge in [0, 0.05) is 54.8 Å². The number of hydrogen-bond donors (Lipinski definition) is 1. The van der Waals surface area contributed by atoms with E-state index in [9.17, 15) is 0 Å². The molecule has 0 radical (unpaired) electrons. The first kappa shape index (κ1) is 36.2. The Morgan fingerprint density at radius 3 is 1.45 bits per heavy atom. The lowest BCUT2D eigenvalue weighted by molar-refractivity contribution is 0.781. The van der Waals surface area contributed by atoms with Gasteiger partial charge in [0.1, 0.15) is 5.84 Å². The number of nitrogens with one attached hydrogen (secondary N) is 1. The molecule has 0 bridgehead atoms. The average Bonchev–Trinajstić information content (AvgIpc) is 3.90. The number of aromatic nitrogens is 2. The van der Waals surface area contributed by atoms with Crippen LogP contribution in [0.5, 0.6) is 0 Å². The Morgan fingerprint density at radius 1 is 0.359 bits per heavy atom. The molecule has 0 fully saturated rings. The molecule has 4 nitrogen and oxygen atoms in total. The molecule has 1 atom stereocenters. The molecule has 0 amide bonds. The van der Waals surface area contributed by atoms with Crippen LogP contribution in [0.15, 0.2) is 236 Å². The van der Waals surface area contributed by atoms with Crippen molar-refractivity contribution in [2.45, 2.75) is 6.04 Å². The van der Waals surface area contributed by atoms with Crippen molar-refractivity contribution in [3.8, 4) is 22.5 Å². The van der Waals surface area contributed by atoms with E-state index in [0.29, 0.717) is 0 Å². The van der Waals surface area contributed by atoms with Gasteiger partial charge in [-0.1, -0.05) is 188 Å². The fourth-order valence-corrected chi connectivity index (χ4v) is 10.2. The molecule has 0 saturated carbocycles. The molecule has 0 spiro atoms. The van der Waals surface area contributed by atoms with Crippen LogP contribution < -0.4 is 5.32 Å². The van der Waals surface area contributed by atoms with Crippen molar-refractivity contribution < 1.29 is 0 Å². The highest BCUT2D eigenvalue weighted by atomic mass is 15.1. The molecule has 10 aromatic carbocycles. The first-order chi connectivity index (χ1) is 31.7. The second kappa shape index (κ2) is 14.6. The van der Waals surface area contributed by atoms with Gasteiger partial charge in [-0.3, -0.25) is 0 Å². The van der Waals surface area contributed by atoms with E-state index in [0.717, 1.165) is 45.1 Å². The maximum Gasteiger partial charge on any atom is 0.134 e. The Labute approximate surface area is 370 Å². The Hall–Kier alpha value is -8.47. The van der Waals surface area contributed by atoms with Crippen LogP contribution >= 0.6 is 0 Å². The predicted octanol–water partition coefficient (Wildman–Crippen LogP) is 15.0. The zero-order valence-electron chi connectivity index (χ0n) is 34.9. The molecule has 2 aromatic heterocycles. The quantitative estimate of drug-likeness (QED) is 0.178. The van der Waals surface area contributed by atoms with Crippen LogP contribution in [0, 0.1) is 0 Å². The van der Waals surface area contributed by atoms with Crippen molar-refractivity contribution in [1.29, 1.82) is 0 Å². The Bertz CT molecular complexity index is 3700. The van der Waals surface area contributed by atoms with Gasteiger partial charge in [-0.2, -0.15) is 0 Å². The maximum atomic E-state index is 5.52. The zero-order chi connectivity index (χ0) is 42.1. The minimum Gasteiger partial charge on any atom is -0.359 e. The van der Waals surface area contributed by atoms with Crippen molar-refractivity contribution in [2.24, 2.45) is 4.99 Å². The normalized spacial score (nSPS) is 14.1. The average molecular weight is 817 g/mol. The van der Waals surface area contributed by atoms with Crippen LogP contribution in [0.1, 0.15) is 22.7 Å². The summed E-state index contributed by atoms with van der Waals surface area (Å²) < 4.78 is 4.96. The standard InChI is InChI=1S/C60H40N4/c1-3-16-39(17-4-1)43-22-15-23-44(34-43)54-38-55(62-60(61-54)42-20-5-2-6-21-42)45-35-46(63-56-28-13-11-26-50(56)52-32-30-40-18-7-9-24-48(40)58(52)63)37-47(36-45)64-57-29-14-12-27-51(57)53-33-31-41-19-8-10-25-49(41)59(53)64/h1-38,54H,(H,61,62). The highest BCUT2D eigenvalue weighted by Gasteiger charge is 2.24. The van der Waals surface area contributed by atoms with Crippen LogP contribution in [0.25, 0.3) is 93.4 Å². The highest BCUT2D eigenvalue weighted by molar-refractivity contribution is 6.20. The molecular formula is C60H40N4. The predicted molar refractivity (Wildman–Crippen MR) is 269 cm³/mol. The van der Waals surface area contributed by atoms with Crippen LogP contribution in [-0.4, -0.2) is 15.0 Å². The van der Waals surface area contributed by atoms with Crippen molar-refractivity contribution in [3.63, 3.8) is 0 Å². The first-order valence-electron chi connectivity index (χ1n) is 22.0. The van der Waals surface area contributed by atoms with Crippen LogP contribution in [0.3, 0.4) is 0 Å². The number of hydrogen-bond acceptors (Lipinski definition) is 2. The van der Waals surface area contributed by atoms with E-state index in [1.807, 2.05) is 0 Å². The summed E-state index contributed by atoms with van der Waals surface area (Å²) in [5, 5.41) is 13.6. The number of benzene rings is 10. The number of nitrogens with zero attached hydrogens (tertiary/aromatic N) is 3. The third kappa shape index (κ3) is 5.80. The molecule has 1 aliphatic rings. The third-order valence-electron chi connectivity index (χ3n) is 13.1. The third-order valence-corrected chi connectivity index (χ3v) is 13.1. The molecule has 4 heteroatoms. The smallest absolute Gasteiger partial charge is 0.134 e. The fraction of sp³-hybridized carbons (Fsp3) is 0.0167. The highest BCUT2D eigenvalue weighted by Crippen LogP contribution is 2.42. The zero-order valence-corrected chi connectivity index (χ0v) is 34.9. The van der Waals surface area contributed by atoms with Gasteiger partial charge < -0.3 is 14.5 Å². The molecule has 1 unspecified atom stereocenters. The van der Waals surface area contributed by atoms with Gasteiger partial charge in [0.05, 0.1) is 33.8 Å². The number of aliphatic imine (C=N–C) groups is 1. The Morgan fingerprint density at radius 2 is 0.859 bits per heavy atom. The van der Waals surface area contributed by atoms with Crippen LogP contribution in [0.2, 0.25) is 0 Å². The van der Waals surface area contributed by atoms with Gasteiger partial charge in [0.25, 0.3) is 0 Å². The lowest BCUT2D eigenvalue weighted by Crippen LogP contribution is -2.31. The molecule has 1 aliphatic heterocycles. The number of para-hydroxylation sites is 2. The molecule has 12 aromatic rings. The van der Waals surface area contributed by atoms with Crippen molar-refractivity contribution in [3.05, 3.63) is 247 Å². The van der Waals surface area contributed by atoms with Crippen molar-refractivity contribution in [1.82, 2.24) is 14.5 Å². The number of rotatable bonds is 6. The van der Waals surface area contributed by atoms with Crippen molar-refractivity contribution >= 4 is 76.7 Å². The summed E-state index contributed by atoms with van der Waals surface area (Å²) in [5.74, 6) is 0.839. The Kier molecular flexibility index (Phi) is 8.25. The van der Waals surface area contributed by atoms with Gasteiger partial charge in [-0.25, -0.2) is 4.99 Å². The summed E-state index contributed by atoms with van der Waals surface area (Å²) in [6.07, 6.45) is 2.31. The lowest BCUT2D eigenvalue weighted by Gasteiger charge is -2.25. The fourth-order valence-electron chi connectivity index (χ4n) is 10.2. The summed E-state index contributed by atoms with van der Waals surface area (Å²) >= 11 is 0. The second-order valence-electron chi connectivity index (χ2n) is 16.8. The second-order valence-corrected chi connectivity index (χ2v) is 16.8. The minimum absolute atomic E-state index is 0.146. The number of amidine groups is 1. The van der Waals surface area contributed by atoms with E-state index < -0.39 is 0 Å². The minimum atomic E-state index is -0.146. The van der Waals surface area contributed by atoms with Gasteiger partial charge >= 0.3 is 0 Å². The molecule has 13 rings (SSSR count). The number of fused-ring (bicyclic) bond motifs is 10. The molecule has 300 valence electrons. The SMILES string of the molecule is C1=C(c2cc(-n3c4ccccc4c4ccc5ccccc5c43)cc(-n3c4ccccc4c4ccc5ccccc5c43)c2)N=C(c2ccccc2)NC1c1cccc(-c2ccccc2)c1. The summed E-state index contributed by atoms with van der Waals surface area (Å²) in [6.45, 7) is 0. The maximum absolute atomic E-state index is 5.52. The van der Waals surface area contributed by atoms with Crippen LogP contribution in [-0.2, 0) is 0 Å². The molecule has 3 heterocycles. The largest absolute Gasteiger partial charge is 0.359 e. The van der Waals surface area contributed by atoms with Gasteiger partial charge in [0.2, 0.25) is 0 Å². The van der Waals surface area contributed by atoms with E-state index >= 15 is 0 Å². The van der Waals surface area contributed by atoms with Gasteiger partial charge in [-0.15, -0.1) is 0 Å². The van der Waals surface area contributed by atoms with E-state index in [1.165, 1.54) is 70.8 Å². The molecular weight excluding hydrogens is 777 g/mol. The molecule has 0 saturated heterocycles. The monoisotopic (exact) mass is 816 g/mol. The molecule has 64 heavy (non-hydrogen) atoms. The summed E-state index contributed by atoms with van der Waals surface area (Å²) in [6, 6.07) is 81.2.